The number of morpholine rings is 1. The molecule has 1 atom stereocenters. The number of likely N-dealkylation sites (N-methyl/N-ethyl adjacent to an activating group) is 1. The van der Waals surface area contributed by atoms with Crippen LogP contribution < -0.4 is 16.0 Å². The maximum atomic E-state index is 12.0. The first kappa shape index (κ1) is 12.6. The zero-order valence-electron chi connectivity index (χ0n) is 11.0. The average Bonchev–Trinajstić information content (AvgIpc) is 2.93. The Kier molecular flexibility index (Phi) is 3.11. The number of aromatic amines is 1. The quantitative estimate of drug-likeness (QED) is 0.636. The minimum atomic E-state index is -0.443. The number of amides is 1. The number of anilines is 2. The van der Waals surface area contributed by atoms with Crippen molar-refractivity contribution >= 4 is 28.7 Å². The van der Waals surface area contributed by atoms with E-state index in [1.54, 1.807) is 13.2 Å². The molecule has 1 aliphatic heterocycles. The lowest BCUT2D eigenvalue weighted by atomic mass is 10.2. The van der Waals surface area contributed by atoms with Crippen LogP contribution in [0.1, 0.15) is 0 Å². The molecule has 0 saturated carbocycles. The third-order valence-electron chi connectivity index (χ3n) is 3.26. The van der Waals surface area contributed by atoms with Gasteiger partial charge >= 0.3 is 0 Å². The van der Waals surface area contributed by atoms with Crippen molar-refractivity contribution in [3.63, 3.8) is 0 Å². The van der Waals surface area contributed by atoms with Crippen molar-refractivity contribution in [1.82, 2.24) is 25.5 Å². The van der Waals surface area contributed by atoms with E-state index in [4.69, 9.17) is 10.5 Å². The molecule has 2 aromatic heterocycles. The van der Waals surface area contributed by atoms with Crippen LogP contribution in [0.4, 0.5) is 11.8 Å². The number of nitrogens with zero attached hydrogens (tertiary/aromatic N) is 4. The maximum absolute atomic E-state index is 12.0. The molecule has 1 fully saturated rings. The fourth-order valence-electron chi connectivity index (χ4n) is 2.30. The molecular weight excluding hydrogens is 262 g/mol. The Morgan fingerprint density at radius 1 is 1.60 bits per heavy atom. The van der Waals surface area contributed by atoms with Crippen LogP contribution in [-0.4, -0.2) is 58.9 Å². The fourth-order valence-corrected chi connectivity index (χ4v) is 2.30. The smallest absolute Gasteiger partial charge is 0.244 e. The van der Waals surface area contributed by atoms with Gasteiger partial charge in [0.1, 0.15) is 11.9 Å². The summed E-state index contributed by atoms with van der Waals surface area (Å²) in [6.07, 6.45) is 1.63. The van der Waals surface area contributed by atoms with Crippen LogP contribution in [0, 0.1) is 0 Å². The predicted molar refractivity (Wildman–Crippen MR) is 72.1 cm³/mol. The molecule has 0 aromatic carbocycles. The molecule has 4 N–H and O–H groups in total. The average molecular weight is 277 g/mol. The van der Waals surface area contributed by atoms with Gasteiger partial charge in [-0.25, -0.2) is 0 Å². The molecule has 1 unspecified atom stereocenters. The van der Waals surface area contributed by atoms with Crippen molar-refractivity contribution in [2.45, 2.75) is 6.04 Å². The fraction of sp³-hybridized carbons (Fsp3) is 0.455. The lowest BCUT2D eigenvalue weighted by Gasteiger charge is -2.35. The Balaban J connectivity index is 2.07. The molecule has 0 bridgehead atoms. The van der Waals surface area contributed by atoms with Crippen molar-refractivity contribution < 1.29 is 9.53 Å². The Hall–Kier alpha value is -2.42. The van der Waals surface area contributed by atoms with E-state index in [1.165, 1.54) is 0 Å². The van der Waals surface area contributed by atoms with Crippen LogP contribution in [0.2, 0.25) is 0 Å². The highest BCUT2D eigenvalue weighted by atomic mass is 16.5. The number of nitrogens with one attached hydrogen (secondary N) is 2. The van der Waals surface area contributed by atoms with Crippen molar-refractivity contribution in [2.24, 2.45) is 0 Å². The number of fused-ring (bicyclic) bond motifs is 1. The third kappa shape index (κ3) is 2.01. The summed E-state index contributed by atoms with van der Waals surface area (Å²) in [6, 6.07) is -0.443. The van der Waals surface area contributed by atoms with Gasteiger partial charge in [0.25, 0.3) is 0 Å². The summed E-state index contributed by atoms with van der Waals surface area (Å²) in [6.45, 7) is 1.38. The number of ether oxygens (including phenoxy) is 1. The number of nitrogen functional groups attached to an aromatic ring is 1. The standard InChI is InChI=1S/C11H15N7O2/c1-13-10(19)7-5-20-3-2-18(7)9-6-4-14-17-8(6)15-11(12)16-9/h4,7H,2-3,5H2,1H3,(H,13,19)(H3,12,14,15,16,17). The Bertz CT molecular complexity index is 641. The van der Waals surface area contributed by atoms with Crippen LogP contribution in [-0.2, 0) is 9.53 Å². The summed E-state index contributed by atoms with van der Waals surface area (Å²) in [4.78, 5) is 22.2. The molecule has 106 valence electrons. The minimum absolute atomic E-state index is 0.126. The number of carbonyl (C=O) groups is 1. The van der Waals surface area contributed by atoms with Gasteiger partial charge in [-0.3, -0.25) is 9.89 Å². The van der Waals surface area contributed by atoms with Crippen molar-refractivity contribution in [2.75, 3.05) is 37.4 Å². The largest absolute Gasteiger partial charge is 0.377 e. The summed E-state index contributed by atoms with van der Waals surface area (Å²) in [5.41, 5.74) is 6.27. The lowest BCUT2D eigenvalue weighted by molar-refractivity contribution is -0.124. The second kappa shape index (κ2) is 4.93. The van der Waals surface area contributed by atoms with E-state index in [-0.39, 0.29) is 11.9 Å². The number of rotatable bonds is 2. The zero-order chi connectivity index (χ0) is 14.1. The molecule has 3 rings (SSSR count). The van der Waals surface area contributed by atoms with Gasteiger partial charge in [-0.15, -0.1) is 0 Å². The maximum Gasteiger partial charge on any atom is 0.244 e. The first-order valence-corrected chi connectivity index (χ1v) is 6.23. The molecule has 0 spiro atoms. The van der Waals surface area contributed by atoms with Crippen LogP contribution >= 0.6 is 0 Å². The van der Waals surface area contributed by atoms with Crippen molar-refractivity contribution in [3.8, 4) is 0 Å². The zero-order valence-corrected chi connectivity index (χ0v) is 11.0. The highest BCUT2D eigenvalue weighted by Gasteiger charge is 2.31. The van der Waals surface area contributed by atoms with E-state index in [0.29, 0.717) is 31.2 Å². The summed E-state index contributed by atoms with van der Waals surface area (Å²) in [5.74, 6) is 0.607. The normalized spacial score (nSPS) is 19.2. The molecule has 1 amide bonds. The van der Waals surface area contributed by atoms with Gasteiger partial charge in [0.15, 0.2) is 5.65 Å². The van der Waals surface area contributed by atoms with Gasteiger partial charge in [0, 0.05) is 13.6 Å². The first-order chi connectivity index (χ1) is 9.70. The summed E-state index contributed by atoms with van der Waals surface area (Å²) >= 11 is 0. The molecule has 20 heavy (non-hydrogen) atoms. The van der Waals surface area contributed by atoms with E-state index in [0.717, 1.165) is 5.39 Å². The van der Waals surface area contributed by atoms with Gasteiger partial charge in [-0.05, 0) is 0 Å². The molecule has 2 aromatic rings. The van der Waals surface area contributed by atoms with Crippen LogP contribution in [0.5, 0.6) is 0 Å². The molecule has 0 aliphatic carbocycles. The topological polar surface area (TPSA) is 122 Å². The predicted octanol–water partition coefficient (Wildman–Crippen LogP) is -1.11. The number of hydrogen-bond donors (Lipinski definition) is 3. The van der Waals surface area contributed by atoms with E-state index in [2.05, 4.69) is 25.5 Å². The minimum Gasteiger partial charge on any atom is -0.377 e. The molecule has 3 heterocycles. The van der Waals surface area contributed by atoms with Gasteiger partial charge in [0.05, 0.1) is 24.8 Å². The van der Waals surface area contributed by atoms with Crippen molar-refractivity contribution in [3.05, 3.63) is 6.20 Å². The van der Waals surface area contributed by atoms with Crippen LogP contribution in [0.25, 0.3) is 11.0 Å². The van der Waals surface area contributed by atoms with Gasteiger partial charge in [-0.1, -0.05) is 0 Å². The van der Waals surface area contributed by atoms with Gasteiger partial charge in [-0.2, -0.15) is 15.1 Å². The molecule has 0 radical (unpaired) electrons. The van der Waals surface area contributed by atoms with E-state index in [9.17, 15) is 4.79 Å². The first-order valence-electron chi connectivity index (χ1n) is 6.23. The molecule has 9 nitrogen and oxygen atoms in total. The van der Waals surface area contributed by atoms with Gasteiger partial charge in [0.2, 0.25) is 11.9 Å². The SMILES string of the molecule is CNC(=O)C1COCCN1c1nc(N)nc2[nH]ncc12. The summed E-state index contributed by atoms with van der Waals surface area (Å²) in [5, 5.41) is 10.1. The highest BCUT2D eigenvalue weighted by molar-refractivity contribution is 5.92. The van der Waals surface area contributed by atoms with Crippen molar-refractivity contribution in [1.29, 1.82) is 0 Å². The van der Waals surface area contributed by atoms with E-state index >= 15 is 0 Å². The van der Waals surface area contributed by atoms with Gasteiger partial charge < -0.3 is 20.7 Å². The summed E-state index contributed by atoms with van der Waals surface area (Å²) < 4.78 is 5.38. The third-order valence-corrected chi connectivity index (χ3v) is 3.26. The number of aromatic nitrogens is 4. The summed E-state index contributed by atoms with van der Waals surface area (Å²) in [7, 11) is 1.59. The van der Waals surface area contributed by atoms with Crippen LogP contribution in [0.15, 0.2) is 6.20 Å². The van der Waals surface area contributed by atoms with Crippen LogP contribution in [0.3, 0.4) is 0 Å². The molecule has 1 saturated heterocycles. The second-order valence-corrected chi connectivity index (χ2v) is 4.44. The molecule has 9 heteroatoms. The molecule has 1 aliphatic rings. The van der Waals surface area contributed by atoms with E-state index in [1.807, 2.05) is 4.90 Å². The molecular formula is C11H15N7O2. The Labute approximate surface area is 114 Å². The number of carbonyl (C=O) groups excluding carboxylic acids is 1. The number of hydrogen-bond acceptors (Lipinski definition) is 7. The Morgan fingerprint density at radius 2 is 2.45 bits per heavy atom. The second-order valence-electron chi connectivity index (χ2n) is 4.44. The number of nitrogens with two attached hydrogens (primary N) is 1. The monoisotopic (exact) mass is 277 g/mol. The van der Waals surface area contributed by atoms with E-state index < -0.39 is 6.04 Å². The number of H-pyrrole nitrogens is 1. The lowest BCUT2D eigenvalue weighted by Crippen LogP contribution is -2.53. The highest BCUT2D eigenvalue weighted by Crippen LogP contribution is 2.26. The Morgan fingerprint density at radius 3 is 3.25 bits per heavy atom.